The Labute approximate surface area is 124 Å². The van der Waals surface area contributed by atoms with Crippen molar-refractivity contribution in [3.63, 3.8) is 0 Å². The zero-order chi connectivity index (χ0) is 14.9. The molecule has 0 amide bonds. The van der Waals surface area contributed by atoms with Crippen molar-refractivity contribution in [2.75, 3.05) is 0 Å². The average Bonchev–Trinajstić information content (AvgIpc) is 3.16. The first kappa shape index (κ1) is 12.6. The first-order valence-electron chi connectivity index (χ1n) is 6.75. The number of hydrogen-bond donors (Lipinski definition) is 1. The minimum atomic E-state index is -0.284. The number of H-pyrrole nitrogens is 1. The van der Waals surface area contributed by atoms with Crippen LogP contribution in [0.15, 0.2) is 48.5 Å². The maximum absolute atomic E-state index is 12.9. The number of fused-ring (bicyclic) bond motifs is 1. The molecular formula is C15H11FN6. The van der Waals surface area contributed by atoms with E-state index in [0.717, 1.165) is 16.6 Å². The third kappa shape index (κ3) is 2.22. The molecule has 0 saturated carbocycles. The van der Waals surface area contributed by atoms with Gasteiger partial charge in [-0.2, -0.15) is 5.10 Å². The van der Waals surface area contributed by atoms with Gasteiger partial charge in [0.05, 0.1) is 5.52 Å². The summed E-state index contributed by atoms with van der Waals surface area (Å²) in [4.78, 5) is 4.41. The van der Waals surface area contributed by atoms with Crippen LogP contribution in [0.4, 0.5) is 4.39 Å². The molecule has 6 nitrogen and oxygen atoms in total. The minimum absolute atomic E-state index is 0.284. The van der Waals surface area contributed by atoms with E-state index >= 15 is 0 Å². The van der Waals surface area contributed by atoms with Crippen LogP contribution in [0.5, 0.6) is 0 Å². The summed E-state index contributed by atoms with van der Waals surface area (Å²) in [5.41, 5.74) is 2.52. The van der Waals surface area contributed by atoms with Crippen molar-refractivity contribution < 1.29 is 4.39 Å². The fourth-order valence-corrected chi connectivity index (χ4v) is 2.27. The lowest BCUT2D eigenvalue weighted by molar-refractivity contribution is 0.628. The molecular weight excluding hydrogens is 283 g/mol. The second-order valence-electron chi connectivity index (χ2n) is 4.85. The van der Waals surface area contributed by atoms with Gasteiger partial charge in [-0.05, 0) is 36.4 Å². The van der Waals surface area contributed by atoms with Crippen LogP contribution in [0.1, 0.15) is 5.82 Å². The van der Waals surface area contributed by atoms with Gasteiger partial charge in [-0.15, -0.1) is 5.10 Å². The molecule has 4 rings (SSSR count). The topological polar surface area (TPSA) is 72.3 Å². The van der Waals surface area contributed by atoms with E-state index in [4.69, 9.17) is 0 Å². The van der Waals surface area contributed by atoms with Crippen LogP contribution in [-0.4, -0.2) is 30.2 Å². The highest BCUT2D eigenvalue weighted by Gasteiger charge is 2.09. The minimum Gasteiger partial charge on any atom is -0.261 e. The number of halogens is 1. The van der Waals surface area contributed by atoms with Crippen LogP contribution in [-0.2, 0) is 6.54 Å². The van der Waals surface area contributed by atoms with Crippen molar-refractivity contribution in [1.29, 1.82) is 0 Å². The second-order valence-corrected chi connectivity index (χ2v) is 4.85. The molecule has 4 aromatic rings. The van der Waals surface area contributed by atoms with E-state index in [0.29, 0.717) is 18.2 Å². The molecule has 7 heteroatoms. The number of nitrogens with zero attached hydrogens (tertiary/aromatic N) is 5. The summed E-state index contributed by atoms with van der Waals surface area (Å²) in [5, 5.41) is 15.2. The molecule has 1 N–H and O–H groups in total. The molecule has 0 aliphatic heterocycles. The van der Waals surface area contributed by atoms with Gasteiger partial charge < -0.3 is 0 Å². The van der Waals surface area contributed by atoms with Crippen molar-refractivity contribution in [3.8, 4) is 11.4 Å². The third-order valence-corrected chi connectivity index (χ3v) is 3.35. The van der Waals surface area contributed by atoms with Gasteiger partial charge in [-0.1, -0.05) is 17.3 Å². The summed E-state index contributed by atoms with van der Waals surface area (Å²) in [6.07, 6.45) is 0. The summed E-state index contributed by atoms with van der Waals surface area (Å²) in [6.45, 7) is 0.439. The van der Waals surface area contributed by atoms with E-state index in [1.54, 1.807) is 16.8 Å². The van der Waals surface area contributed by atoms with Gasteiger partial charge in [0.1, 0.15) is 23.7 Å². The molecule has 2 aromatic heterocycles. The van der Waals surface area contributed by atoms with Gasteiger partial charge in [0.25, 0.3) is 0 Å². The lowest BCUT2D eigenvalue weighted by Gasteiger charge is -1.98. The van der Waals surface area contributed by atoms with Gasteiger partial charge in [-0.25, -0.2) is 14.1 Å². The average molecular weight is 294 g/mol. The fourth-order valence-electron chi connectivity index (χ4n) is 2.27. The maximum Gasteiger partial charge on any atom is 0.181 e. The van der Waals surface area contributed by atoms with Gasteiger partial charge in [0.2, 0.25) is 0 Å². The number of hydrogen-bond acceptors (Lipinski definition) is 4. The molecule has 0 saturated heterocycles. The fraction of sp³-hybridized carbons (Fsp3) is 0.0667. The van der Waals surface area contributed by atoms with Crippen LogP contribution in [0, 0.1) is 5.82 Å². The molecule has 0 spiro atoms. The summed E-state index contributed by atoms with van der Waals surface area (Å²) >= 11 is 0. The highest BCUT2D eigenvalue weighted by Crippen LogP contribution is 2.16. The second kappa shape index (κ2) is 5.03. The summed E-state index contributed by atoms with van der Waals surface area (Å²) in [7, 11) is 0. The molecule has 0 radical (unpaired) electrons. The Morgan fingerprint density at radius 2 is 1.86 bits per heavy atom. The van der Waals surface area contributed by atoms with Crippen LogP contribution < -0.4 is 0 Å². The Kier molecular flexibility index (Phi) is 2.89. The van der Waals surface area contributed by atoms with E-state index in [1.807, 2.05) is 24.3 Å². The van der Waals surface area contributed by atoms with Crippen LogP contribution >= 0.6 is 0 Å². The van der Waals surface area contributed by atoms with E-state index in [9.17, 15) is 4.39 Å². The summed E-state index contributed by atoms with van der Waals surface area (Å²) < 4.78 is 14.7. The highest BCUT2D eigenvalue weighted by atomic mass is 19.1. The van der Waals surface area contributed by atoms with E-state index in [-0.39, 0.29) is 5.82 Å². The normalized spacial score (nSPS) is 11.1. The first-order chi connectivity index (χ1) is 10.8. The number of aromatic nitrogens is 6. The number of rotatable bonds is 3. The predicted octanol–water partition coefficient (Wildman–Crippen LogP) is 2.40. The summed E-state index contributed by atoms with van der Waals surface area (Å²) in [6, 6.07) is 13.8. The highest BCUT2D eigenvalue weighted by molar-refractivity contribution is 5.73. The Bertz CT molecular complexity index is 925. The zero-order valence-electron chi connectivity index (χ0n) is 11.4. The molecule has 2 heterocycles. The summed E-state index contributed by atoms with van der Waals surface area (Å²) in [5.74, 6) is 0.906. The van der Waals surface area contributed by atoms with Crippen molar-refractivity contribution in [3.05, 3.63) is 60.2 Å². The Morgan fingerprint density at radius 3 is 2.73 bits per heavy atom. The van der Waals surface area contributed by atoms with Crippen LogP contribution in [0.25, 0.3) is 22.4 Å². The van der Waals surface area contributed by atoms with E-state index < -0.39 is 0 Å². The molecule has 0 aliphatic rings. The molecule has 0 aliphatic carbocycles. The van der Waals surface area contributed by atoms with Gasteiger partial charge >= 0.3 is 0 Å². The number of para-hydroxylation sites is 1. The predicted molar refractivity (Wildman–Crippen MR) is 78.4 cm³/mol. The maximum atomic E-state index is 12.9. The van der Waals surface area contributed by atoms with Crippen molar-refractivity contribution >= 4 is 11.0 Å². The van der Waals surface area contributed by atoms with Gasteiger partial charge in [-0.3, -0.25) is 5.10 Å². The smallest absolute Gasteiger partial charge is 0.181 e. The number of benzene rings is 2. The molecule has 108 valence electrons. The van der Waals surface area contributed by atoms with Crippen molar-refractivity contribution in [2.45, 2.75) is 6.54 Å². The molecule has 2 aromatic carbocycles. The Balaban J connectivity index is 1.63. The van der Waals surface area contributed by atoms with Crippen LogP contribution in [0.3, 0.4) is 0 Å². The molecule has 0 atom stereocenters. The molecule has 0 unspecified atom stereocenters. The van der Waals surface area contributed by atoms with Gasteiger partial charge in [0, 0.05) is 5.56 Å². The largest absolute Gasteiger partial charge is 0.261 e. The monoisotopic (exact) mass is 294 g/mol. The lowest BCUT2D eigenvalue weighted by atomic mass is 10.2. The Morgan fingerprint density at radius 1 is 1.05 bits per heavy atom. The van der Waals surface area contributed by atoms with E-state index in [1.165, 1.54) is 12.1 Å². The SMILES string of the molecule is Fc1ccc(-c2n[nH]c(Cn3nnc4ccccc43)n2)cc1. The number of nitrogens with one attached hydrogen (secondary N) is 1. The zero-order valence-corrected chi connectivity index (χ0v) is 11.4. The quantitative estimate of drug-likeness (QED) is 0.630. The Hall–Kier alpha value is -3.09. The van der Waals surface area contributed by atoms with Crippen LogP contribution in [0.2, 0.25) is 0 Å². The lowest BCUT2D eigenvalue weighted by Crippen LogP contribution is -2.03. The van der Waals surface area contributed by atoms with Crippen molar-refractivity contribution in [1.82, 2.24) is 30.2 Å². The third-order valence-electron chi connectivity index (χ3n) is 3.35. The molecule has 22 heavy (non-hydrogen) atoms. The molecule has 0 fully saturated rings. The van der Waals surface area contributed by atoms with Crippen molar-refractivity contribution in [2.24, 2.45) is 0 Å². The van der Waals surface area contributed by atoms with E-state index in [2.05, 4.69) is 25.5 Å². The first-order valence-corrected chi connectivity index (χ1v) is 6.75. The van der Waals surface area contributed by atoms with Gasteiger partial charge in [0.15, 0.2) is 5.82 Å². The number of aromatic amines is 1. The molecule has 0 bridgehead atoms. The standard InChI is InChI=1S/C15H11FN6/c16-11-7-5-10(6-8-11)15-17-14(19-20-15)9-22-13-4-2-1-3-12(13)18-21-22/h1-8H,9H2,(H,17,19,20).